The molecule has 0 atom stereocenters. The molecule has 0 fully saturated rings. The van der Waals surface area contributed by atoms with Crippen molar-refractivity contribution in [2.45, 2.75) is 0 Å². The summed E-state index contributed by atoms with van der Waals surface area (Å²) >= 11 is 0. The molecular weight excluding hydrogens is 330 g/mol. The predicted molar refractivity (Wildman–Crippen MR) is 92.6 cm³/mol. The SMILES string of the molecule is COc1cc(OC)c(OC)cc1/C=N/NC(=O)c1ccncc1.O.O. The molecule has 2 aromatic rings. The Hall–Kier alpha value is -3.17. The minimum absolute atomic E-state index is 0. The summed E-state index contributed by atoms with van der Waals surface area (Å²) < 4.78 is 15.7. The van der Waals surface area contributed by atoms with Crippen molar-refractivity contribution >= 4 is 12.1 Å². The molecule has 0 saturated carbocycles. The van der Waals surface area contributed by atoms with E-state index in [2.05, 4.69) is 15.5 Å². The van der Waals surface area contributed by atoms with Crippen LogP contribution in [-0.4, -0.2) is 49.4 Å². The van der Waals surface area contributed by atoms with Crippen LogP contribution in [0.4, 0.5) is 0 Å². The van der Waals surface area contributed by atoms with E-state index < -0.39 is 0 Å². The van der Waals surface area contributed by atoms with Gasteiger partial charge in [0.1, 0.15) is 5.75 Å². The van der Waals surface area contributed by atoms with Crippen LogP contribution in [0.2, 0.25) is 0 Å². The predicted octanol–water partition coefficient (Wildman–Crippen LogP) is 0.222. The number of carbonyl (C=O) groups excluding carboxylic acids is 1. The fraction of sp³-hybridized carbons (Fsp3) is 0.188. The number of benzene rings is 1. The summed E-state index contributed by atoms with van der Waals surface area (Å²) in [6.45, 7) is 0. The highest BCUT2D eigenvalue weighted by Gasteiger charge is 2.10. The first kappa shape index (κ1) is 21.8. The lowest BCUT2D eigenvalue weighted by molar-refractivity contribution is 0.0955. The fourth-order valence-corrected chi connectivity index (χ4v) is 1.88. The number of ether oxygens (including phenoxy) is 3. The second kappa shape index (κ2) is 10.6. The van der Waals surface area contributed by atoms with Crippen LogP contribution in [0.25, 0.3) is 0 Å². The normalized spacial score (nSPS) is 9.56. The maximum atomic E-state index is 11.9. The summed E-state index contributed by atoms with van der Waals surface area (Å²) in [5, 5.41) is 3.94. The maximum absolute atomic E-state index is 11.9. The van der Waals surface area contributed by atoms with E-state index in [0.29, 0.717) is 28.4 Å². The number of hydrogen-bond acceptors (Lipinski definition) is 6. The van der Waals surface area contributed by atoms with Gasteiger partial charge in [-0.15, -0.1) is 0 Å². The third-order valence-corrected chi connectivity index (χ3v) is 3.05. The lowest BCUT2D eigenvalue weighted by Gasteiger charge is -2.11. The van der Waals surface area contributed by atoms with Gasteiger partial charge in [0.2, 0.25) is 0 Å². The molecule has 0 unspecified atom stereocenters. The standard InChI is InChI=1S/C16H17N3O4.2H2O/c1-21-13-9-15(23-3)14(22-2)8-12(13)10-18-19-16(20)11-4-6-17-7-5-11;;/h4-10H,1-3H3,(H,19,20);2*1H2/b18-10+;;. The van der Waals surface area contributed by atoms with Gasteiger partial charge in [0.25, 0.3) is 5.91 Å². The Kier molecular flexibility index (Phi) is 9.23. The van der Waals surface area contributed by atoms with Crippen LogP contribution in [0.3, 0.4) is 0 Å². The summed E-state index contributed by atoms with van der Waals surface area (Å²) in [6.07, 6.45) is 4.55. The first-order valence-electron chi connectivity index (χ1n) is 6.73. The molecule has 9 heteroatoms. The highest BCUT2D eigenvalue weighted by Crippen LogP contribution is 2.33. The smallest absolute Gasteiger partial charge is 0.271 e. The van der Waals surface area contributed by atoms with E-state index in [9.17, 15) is 4.79 Å². The zero-order valence-electron chi connectivity index (χ0n) is 14.1. The van der Waals surface area contributed by atoms with Gasteiger partial charge in [0.05, 0.1) is 27.5 Å². The third kappa shape index (κ3) is 5.44. The van der Waals surface area contributed by atoms with E-state index in [1.165, 1.54) is 32.8 Å². The van der Waals surface area contributed by atoms with Gasteiger partial charge in [-0.2, -0.15) is 5.10 Å². The number of amides is 1. The van der Waals surface area contributed by atoms with E-state index in [4.69, 9.17) is 14.2 Å². The Morgan fingerprint density at radius 2 is 1.56 bits per heavy atom. The molecule has 0 aliphatic heterocycles. The van der Waals surface area contributed by atoms with Gasteiger partial charge in [0, 0.05) is 29.6 Å². The number of nitrogens with one attached hydrogen (secondary N) is 1. The number of hydrazone groups is 1. The molecule has 5 N–H and O–H groups in total. The lowest BCUT2D eigenvalue weighted by Crippen LogP contribution is -2.17. The molecular formula is C16H21N3O6. The largest absolute Gasteiger partial charge is 0.496 e. The van der Waals surface area contributed by atoms with Gasteiger partial charge in [0.15, 0.2) is 11.5 Å². The van der Waals surface area contributed by atoms with Gasteiger partial charge < -0.3 is 25.2 Å². The number of carbonyl (C=O) groups is 1. The Morgan fingerprint density at radius 3 is 2.12 bits per heavy atom. The summed E-state index contributed by atoms with van der Waals surface area (Å²) in [6, 6.07) is 6.59. The minimum atomic E-state index is -0.330. The summed E-state index contributed by atoms with van der Waals surface area (Å²) in [5.74, 6) is 1.30. The number of aromatic nitrogens is 1. The van der Waals surface area contributed by atoms with Crippen LogP contribution in [0.1, 0.15) is 15.9 Å². The quantitative estimate of drug-likeness (QED) is 0.584. The van der Waals surface area contributed by atoms with Crippen molar-refractivity contribution in [3.63, 3.8) is 0 Å². The molecule has 9 nitrogen and oxygen atoms in total. The fourth-order valence-electron chi connectivity index (χ4n) is 1.88. The number of nitrogens with zero attached hydrogens (tertiary/aromatic N) is 2. The van der Waals surface area contributed by atoms with Crippen LogP contribution >= 0.6 is 0 Å². The van der Waals surface area contributed by atoms with E-state index in [1.54, 1.807) is 31.4 Å². The molecule has 2 rings (SSSR count). The van der Waals surface area contributed by atoms with Crippen molar-refractivity contribution in [1.82, 2.24) is 10.4 Å². The summed E-state index contributed by atoms with van der Waals surface area (Å²) in [7, 11) is 4.62. The van der Waals surface area contributed by atoms with E-state index >= 15 is 0 Å². The van der Waals surface area contributed by atoms with E-state index in [-0.39, 0.29) is 16.9 Å². The molecule has 0 radical (unpaired) electrons. The van der Waals surface area contributed by atoms with Crippen LogP contribution in [0.15, 0.2) is 41.8 Å². The van der Waals surface area contributed by atoms with Gasteiger partial charge in [-0.1, -0.05) is 0 Å². The number of methoxy groups -OCH3 is 3. The van der Waals surface area contributed by atoms with Gasteiger partial charge in [-0.3, -0.25) is 9.78 Å². The molecule has 1 amide bonds. The monoisotopic (exact) mass is 351 g/mol. The van der Waals surface area contributed by atoms with Crippen molar-refractivity contribution < 1.29 is 30.0 Å². The van der Waals surface area contributed by atoms with Crippen LogP contribution in [0.5, 0.6) is 17.2 Å². The molecule has 0 aliphatic carbocycles. The Labute approximate surface area is 144 Å². The highest BCUT2D eigenvalue weighted by molar-refractivity contribution is 5.95. The summed E-state index contributed by atoms with van der Waals surface area (Å²) in [4.78, 5) is 15.7. The Balaban J connectivity index is 0.00000288. The molecule has 0 bridgehead atoms. The second-order valence-electron chi connectivity index (χ2n) is 4.38. The molecule has 0 aliphatic rings. The first-order valence-corrected chi connectivity index (χ1v) is 6.73. The van der Waals surface area contributed by atoms with Crippen LogP contribution in [-0.2, 0) is 0 Å². The van der Waals surface area contributed by atoms with Crippen molar-refractivity contribution in [2.75, 3.05) is 21.3 Å². The molecule has 1 heterocycles. The minimum Gasteiger partial charge on any atom is -0.496 e. The Bertz CT molecular complexity index is 707. The lowest BCUT2D eigenvalue weighted by atomic mass is 10.2. The summed E-state index contributed by atoms with van der Waals surface area (Å²) in [5.41, 5.74) is 3.55. The average molecular weight is 351 g/mol. The van der Waals surface area contributed by atoms with Gasteiger partial charge in [-0.25, -0.2) is 5.43 Å². The third-order valence-electron chi connectivity index (χ3n) is 3.05. The van der Waals surface area contributed by atoms with Crippen LogP contribution < -0.4 is 19.6 Å². The Morgan fingerprint density at radius 1 is 1.00 bits per heavy atom. The van der Waals surface area contributed by atoms with Crippen LogP contribution in [0, 0.1) is 0 Å². The molecule has 0 saturated heterocycles. The molecule has 0 spiro atoms. The van der Waals surface area contributed by atoms with E-state index in [1.807, 2.05) is 0 Å². The molecule has 25 heavy (non-hydrogen) atoms. The highest BCUT2D eigenvalue weighted by atomic mass is 16.5. The zero-order valence-corrected chi connectivity index (χ0v) is 14.1. The van der Waals surface area contributed by atoms with Gasteiger partial charge >= 0.3 is 0 Å². The van der Waals surface area contributed by atoms with Crippen molar-refractivity contribution in [1.29, 1.82) is 0 Å². The topological polar surface area (TPSA) is 145 Å². The van der Waals surface area contributed by atoms with Crippen molar-refractivity contribution in [2.24, 2.45) is 5.10 Å². The first-order chi connectivity index (χ1) is 11.2. The zero-order chi connectivity index (χ0) is 16.7. The molecule has 136 valence electrons. The number of pyridine rings is 1. The van der Waals surface area contributed by atoms with Crippen molar-refractivity contribution in [3.8, 4) is 17.2 Å². The molecule has 1 aromatic carbocycles. The van der Waals surface area contributed by atoms with Gasteiger partial charge in [-0.05, 0) is 18.2 Å². The number of hydrogen-bond donors (Lipinski definition) is 1. The average Bonchev–Trinajstić information content (AvgIpc) is 2.61. The number of rotatable bonds is 6. The van der Waals surface area contributed by atoms with E-state index in [0.717, 1.165) is 0 Å². The second-order valence-corrected chi connectivity index (χ2v) is 4.38. The molecule has 1 aromatic heterocycles. The van der Waals surface area contributed by atoms with Crippen molar-refractivity contribution in [3.05, 3.63) is 47.8 Å². The maximum Gasteiger partial charge on any atom is 0.271 e.